The average molecular weight is 427 g/mol. The zero-order chi connectivity index (χ0) is 22.4. The van der Waals surface area contributed by atoms with Gasteiger partial charge in [-0.25, -0.2) is 0 Å². The highest BCUT2D eigenvalue weighted by Crippen LogP contribution is 2.45. The summed E-state index contributed by atoms with van der Waals surface area (Å²) in [5, 5.41) is 9.11. The zero-order valence-corrected chi connectivity index (χ0v) is 18.5. The molecule has 6 rings (SSSR count). The van der Waals surface area contributed by atoms with Crippen molar-refractivity contribution >= 4 is 21.5 Å². The van der Waals surface area contributed by atoms with Crippen molar-refractivity contribution in [1.29, 1.82) is 0 Å². The number of rotatable bonds is 3. The van der Waals surface area contributed by atoms with Crippen LogP contribution >= 0.6 is 0 Å². The predicted molar refractivity (Wildman–Crippen MR) is 135 cm³/mol. The highest BCUT2D eigenvalue weighted by Gasteiger charge is 2.20. The molecule has 3 heteroatoms. The highest BCUT2D eigenvalue weighted by molar-refractivity contribution is 6.21. The monoisotopic (exact) mass is 426 g/mol. The van der Waals surface area contributed by atoms with E-state index in [4.69, 9.17) is 4.52 Å². The number of benzene rings is 4. The fourth-order valence-corrected chi connectivity index (χ4v) is 4.92. The Balaban J connectivity index is 1.67. The van der Waals surface area contributed by atoms with Crippen LogP contribution in [0.4, 0.5) is 0 Å². The van der Waals surface area contributed by atoms with E-state index in [-0.39, 0.29) is 0 Å². The summed E-state index contributed by atoms with van der Waals surface area (Å²) in [4.78, 5) is 4.13. The van der Waals surface area contributed by atoms with Gasteiger partial charge in [0.25, 0.3) is 0 Å². The van der Waals surface area contributed by atoms with E-state index in [1.807, 2.05) is 38.4 Å². The van der Waals surface area contributed by atoms with Gasteiger partial charge in [0.05, 0.1) is 5.69 Å². The molecule has 0 amide bonds. The van der Waals surface area contributed by atoms with E-state index in [1.54, 1.807) is 0 Å². The van der Waals surface area contributed by atoms with E-state index in [2.05, 4.69) is 82.9 Å². The molecule has 0 fully saturated rings. The maximum absolute atomic E-state index is 5.56. The summed E-state index contributed by atoms with van der Waals surface area (Å²) in [5.74, 6) is 0.845. The Morgan fingerprint density at radius 1 is 0.515 bits per heavy atom. The molecule has 0 N–H and O–H groups in total. The number of fused-ring (bicyclic) bond motifs is 2. The molecule has 0 unspecified atom stereocenters. The molecule has 2 aromatic heterocycles. The number of pyridine rings is 1. The first-order chi connectivity index (χ1) is 16.2. The summed E-state index contributed by atoms with van der Waals surface area (Å²) in [7, 11) is 0. The molecule has 33 heavy (non-hydrogen) atoms. The van der Waals surface area contributed by atoms with Gasteiger partial charge in [-0.3, -0.25) is 4.98 Å². The molecule has 0 spiro atoms. The first kappa shape index (κ1) is 19.4. The molecule has 4 aromatic carbocycles. The first-order valence-corrected chi connectivity index (χ1v) is 11.1. The third-order valence-corrected chi connectivity index (χ3v) is 6.40. The zero-order valence-electron chi connectivity index (χ0n) is 18.5. The SMILES string of the molecule is Cc1noc(C)c1-c1c2ccccc2c(-c2ccc(-c3ccncc3)cc2)c2ccccc12. The van der Waals surface area contributed by atoms with Crippen molar-refractivity contribution in [3.8, 4) is 33.4 Å². The van der Waals surface area contributed by atoms with Gasteiger partial charge in [-0.2, -0.15) is 0 Å². The van der Waals surface area contributed by atoms with Crippen molar-refractivity contribution in [3.05, 3.63) is 109 Å². The molecule has 0 radical (unpaired) electrons. The molecule has 2 heterocycles. The normalized spacial score (nSPS) is 11.3. The van der Waals surface area contributed by atoms with Crippen LogP contribution in [0.15, 0.2) is 102 Å². The summed E-state index contributed by atoms with van der Waals surface area (Å²) in [6.07, 6.45) is 3.66. The van der Waals surface area contributed by atoms with Crippen molar-refractivity contribution in [2.45, 2.75) is 13.8 Å². The van der Waals surface area contributed by atoms with E-state index in [0.29, 0.717) is 0 Å². The van der Waals surface area contributed by atoms with E-state index >= 15 is 0 Å². The molecule has 6 aromatic rings. The van der Waals surface area contributed by atoms with Gasteiger partial charge in [0.15, 0.2) is 0 Å². The van der Waals surface area contributed by atoms with E-state index in [0.717, 1.165) is 17.0 Å². The lowest BCUT2D eigenvalue weighted by Crippen LogP contribution is -1.92. The Bertz CT molecular complexity index is 1540. The van der Waals surface area contributed by atoms with Gasteiger partial charge in [-0.05, 0) is 69.8 Å². The van der Waals surface area contributed by atoms with Gasteiger partial charge in [0.2, 0.25) is 0 Å². The minimum absolute atomic E-state index is 0.845. The van der Waals surface area contributed by atoms with Gasteiger partial charge in [0.1, 0.15) is 5.76 Å². The van der Waals surface area contributed by atoms with Crippen LogP contribution in [0.3, 0.4) is 0 Å². The van der Waals surface area contributed by atoms with Crippen molar-refractivity contribution in [2.24, 2.45) is 0 Å². The summed E-state index contributed by atoms with van der Waals surface area (Å²) in [6, 6.07) is 30.2. The largest absolute Gasteiger partial charge is 0.361 e. The number of aromatic nitrogens is 2. The van der Waals surface area contributed by atoms with Gasteiger partial charge >= 0.3 is 0 Å². The van der Waals surface area contributed by atoms with E-state index in [1.165, 1.54) is 49.4 Å². The second-order valence-electron chi connectivity index (χ2n) is 8.35. The number of aryl methyl sites for hydroxylation is 2. The van der Waals surface area contributed by atoms with Gasteiger partial charge < -0.3 is 4.52 Å². The Kier molecular flexibility index (Phi) is 4.55. The van der Waals surface area contributed by atoms with Crippen molar-refractivity contribution in [2.75, 3.05) is 0 Å². The highest BCUT2D eigenvalue weighted by atomic mass is 16.5. The second-order valence-corrected chi connectivity index (χ2v) is 8.35. The van der Waals surface area contributed by atoms with E-state index < -0.39 is 0 Å². The topological polar surface area (TPSA) is 38.9 Å². The molecule has 0 saturated heterocycles. The molecule has 0 saturated carbocycles. The summed E-state index contributed by atoms with van der Waals surface area (Å²) >= 11 is 0. The Morgan fingerprint density at radius 3 is 1.52 bits per heavy atom. The standard InChI is InChI=1S/C30H22N2O/c1-19-28(20(2)33-32-19)30-26-9-5-3-7-24(26)29(25-8-4-6-10-27(25)30)23-13-11-21(12-14-23)22-15-17-31-18-16-22/h3-18H,1-2H3. The smallest absolute Gasteiger partial charge is 0.141 e. The van der Waals surface area contributed by atoms with Gasteiger partial charge in [-0.1, -0.05) is 78.0 Å². The summed E-state index contributed by atoms with van der Waals surface area (Å²) in [6.45, 7) is 4.01. The van der Waals surface area contributed by atoms with Crippen LogP contribution in [0.5, 0.6) is 0 Å². The van der Waals surface area contributed by atoms with Crippen LogP contribution < -0.4 is 0 Å². The lowest BCUT2D eigenvalue weighted by molar-refractivity contribution is 0.393. The van der Waals surface area contributed by atoms with Crippen molar-refractivity contribution in [1.82, 2.24) is 10.1 Å². The number of hydrogen-bond donors (Lipinski definition) is 0. The third kappa shape index (κ3) is 3.13. The van der Waals surface area contributed by atoms with Crippen molar-refractivity contribution in [3.63, 3.8) is 0 Å². The molecule has 158 valence electrons. The lowest BCUT2D eigenvalue weighted by Gasteiger charge is -2.17. The Morgan fingerprint density at radius 2 is 1.00 bits per heavy atom. The predicted octanol–water partition coefficient (Wildman–Crippen LogP) is 7.99. The number of hydrogen-bond acceptors (Lipinski definition) is 3. The van der Waals surface area contributed by atoms with Crippen LogP contribution in [0, 0.1) is 13.8 Å². The van der Waals surface area contributed by atoms with Crippen LogP contribution in [-0.4, -0.2) is 10.1 Å². The minimum Gasteiger partial charge on any atom is -0.361 e. The molecular weight excluding hydrogens is 404 g/mol. The van der Waals surface area contributed by atoms with Crippen LogP contribution in [0.25, 0.3) is 54.9 Å². The molecule has 0 atom stereocenters. The molecular formula is C30H22N2O. The fraction of sp³-hybridized carbons (Fsp3) is 0.0667. The third-order valence-electron chi connectivity index (χ3n) is 6.40. The Labute approximate surface area is 192 Å². The minimum atomic E-state index is 0.845. The summed E-state index contributed by atoms with van der Waals surface area (Å²) < 4.78 is 5.56. The molecule has 0 aliphatic rings. The molecule has 0 aliphatic carbocycles. The lowest BCUT2D eigenvalue weighted by atomic mass is 9.85. The second kappa shape index (κ2) is 7.72. The van der Waals surface area contributed by atoms with Crippen molar-refractivity contribution < 1.29 is 4.52 Å². The Hall–Kier alpha value is -4.24. The first-order valence-electron chi connectivity index (χ1n) is 11.1. The van der Waals surface area contributed by atoms with Crippen LogP contribution in [0.1, 0.15) is 11.5 Å². The maximum atomic E-state index is 5.56. The fourth-order valence-electron chi connectivity index (χ4n) is 4.92. The molecule has 0 bridgehead atoms. The average Bonchev–Trinajstić information content (AvgIpc) is 3.20. The van der Waals surface area contributed by atoms with Gasteiger partial charge in [0, 0.05) is 23.5 Å². The van der Waals surface area contributed by atoms with Gasteiger partial charge in [-0.15, -0.1) is 0 Å². The van der Waals surface area contributed by atoms with Crippen LogP contribution in [-0.2, 0) is 0 Å². The molecule has 3 nitrogen and oxygen atoms in total. The van der Waals surface area contributed by atoms with Crippen LogP contribution in [0.2, 0.25) is 0 Å². The quantitative estimate of drug-likeness (QED) is 0.269. The van der Waals surface area contributed by atoms with E-state index in [9.17, 15) is 0 Å². The maximum Gasteiger partial charge on any atom is 0.141 e. The molecule has 0 aliphatic heterocycles. The summed E-state index contributed by atoms with van der Waals surface area (Å²) in [5.41, 5.74) is 7.99. The number of nitrogens with zero attached hydrogens (tertiary/aromatic N) is 2.